The minimum absolute atomic E-state index is 1.17. The van der Waals surface area contributed by atoms with E-state index in [-0.39, 0.29) is 0 Å². The Hall–Kier alpha value is -1.04. The van der Waals surface area contributed by atoms with Crippen LogP contribution in [0, 0.1) is 0 Å². The molecule has 0 aliphatic rings. The summed E-state index contributed by atoms with van der Waals surface area (Å²) in [5, 5.41) is 0. The molecule has 0 heteroatoms. The average molecular weight is 246 g/mol. The lowest BCUT2D eigenvalue weighted by Crippen LogP contribution is -2.00. The maximum Gasteiger partial charge on any atom is -0.0167 e. The normalized spacial score (nSPS) is 13.2. The molecule has 0 saturated heterocycles. The lowest BCUT2D eigenvalue weighted by molar-refractivity contribution is 0.782. The zero-order valence-corrected chi connectivity index (χ0v) is 13.4. The van der Waals surface area contributed by atoms with E-state index in [1.54, 1.807) is 0 Å². The molecule has 0 aliphatic heterocycles. The highest BCUT2D eigenvalue weighted by Crippen LogP contribution is 2.32. The van der Waals surface area contributed by atoms with E-state index < -0.39 is 0 Å². The van der Waals surface area contributed by atoms with Crippen molar-refractivity contribution < 1.29 is 0 Å². The van der Waals surface area contributed by atoms with Crippen molar-refractivity contribution >= 4 is 0 Å². The highest BCUT2D eigenvalue weighted by molar-refractivity contribution is 5.57. The van der Waals surface area contributed by atoms with Crippen molar-refractivity contribution in [2.24, 2.45) is 0 Å². The first kappa shape index (κ1) is 17.0. The third-order valence-electron chi connectivity index (χ3n) is 3.34. The standard InChI is InChI=1S/C18H30/c1-9-11-12-16(8)18(15(7)10-2)17(13(3)4)14(5)6/h10H,3,9,11-12H2,1-2,4-8H3. The first-order valence-corrected chi connectivity index (χ1v) is 7.03. The molecule has 18 heavy (non-hydrogen) atoms. The van der Waals surface area contributed by atoms with Gasteiger partial charge in [0.25, 0.3) is 0 Å². The van der Waals surface area contributed by atoms with E-state index in [1.165, 1.54) is 52.7 Å². The molecule has 0 aromatic rings. The van der Waals surface area contributed by atoms with Crippen LogP contribution in [0.5, 0.6) is 0 Å². The summed E-state index contributed by atoms with van der Waals surface area (Å²) in [6, 6.07) is 0. The Morgan fingerprint density at radius 3 is 1.89 bits per heavy atom. The second kappa shape index (κ2) is 8.13. The van der Waals surface area contributed by atoms with Crippen LogP contribution in [-0.4, -0.2) is 0 Å². The Balaban J connectivity index is 5.78. The molecule has 0 atom stereocenters. The topological polar surface area (TPSA) is 0 Å². The summed E-state index contributed by atoms with van der Waals surface area (Å²) in [7, 11) is 0. The highest BCUT2D eigenvalue weighted by Gasteiger charge is 2.12. The molecule has 0 aliphatic carbocycles. The molecule has 0 heterocycles. The Labute approximate surface area is 114 Å². The summed E-state index contributed by atoms with van der Waals surface area (Å²) in [4.78, 5) is 0. The van der Waals surface area contributed by atoms with Crippen LogP contribution < -0.4 is 0 Å². The third-order valence-corrected chi connectivity index (χ3v) is 3.34. The molecule has 0 aromatic heterocycles. The monoisotopic (exact) mass is 246 g/mol. The molecule has 0 saturated carbocycles. The third kappa shape index (κ3) is 4.68. The minimum Gasteiger partial charge on any atom is -0.0955 e. The van der Waals surface area contributed by atoms with Crippen molar-refractivity contribution in [3.63, 3.8) is 0 Å². The van der Waals surface area contributed by atoms with Crippen LogP contribution in [0.2, 0.25) is 0 Å². The molecule has 0 unspecified atom stereocenters. The van der Waals surface area contributed by atoms with Crippen molar-refractivity contribution in [1.82, 2.24) is 0 Å². The van der Waals surface area contributed by atoms with Gasteiger partial charge in [-0.25, -0.2) is 0 Å². The molecule has 0 rings (SSSR count). The van der Waals surface area contributed by atoms with Gasteiger partial charge in [-0.2, -0.15) is 0 Å². The second-order valence-corrected chi connectivity index (χ2v) is 5.39. The van der Waals surface area contributed by atoms with Crippen molar-refractivity contribution in [3.05, 3.63) is 46.1 Å². The van der Waals surface area contributed by atoms with Gasteiger partial charge >= 0.3 is 0 Å². The van der Waals surface area contributed by atoms with Crippen LogP contribution in [-0.2, 0) is 0 Å². The number of unbranched alkanes of at least 4 members (excludes halogenated alkanes) is 1. The van der Waals surface area contributed by atoms with Gasteiger partial charge in [-0.3, -0.25) is 0 Å². The predicted octanol–water partition coefficient (Wildman–Crippen LogP) is 6.37. The fraction of sp³-hybridized carbons (Fsp3) is 0.556. The molecule has 0 radical (unpaired) electrons. The summed E-state index contributed by atoms with van der Waals surface area (Å²) >= 11 is 0. The van der Waals surface area contributed by atoms with Crippen molar-refractivity contribution in [1.29, 1.82) is 0 Å². The number of rotatable bonds is 6. The summed E-state index contributed by atoms with van der Waals surface area (Å²) in [6.07, 6.45) is 5.90. The predicted molar refractivity (Wildman–Crippen MR) is 84.8 cm³/mol. The molecule has 0 bridgehead atoms. The van der Waals surface area contributed by atoms with Crippen molar-refractivity contribution in [3.8, 4) is 0 Å². The zero-order chi connectivity index (χ0) is 14.3. The maximum absolute atomic E-state index is 4.16. The fourth-order valence-electron chi connectivity index (χ4n) is 2.35. The smallest absolute Gasteiger partial charge is 0.0167 e. The first-order valence-electron chi connectivity index (χ1n) is 7.03. The average Bonchev–Trinajstić information content (AvgIpc) is 2.30. The molecule has 0 fully saturated rings. The summed E-state index contributed by atoms with van der Waals surface area (Å²) in [6.45, 7) is 19.5. The van der Waals surface area contributed by atoms with E-state index in [9.17, 15) is 0 Å². The number of hydrogen-bond donors (Lipinski definition) is 0. The maximum atomic E-state index is 4.16. The molecular formula is C18H30. The quantitative estimate of drug-likeness (QED) is 0.477. The lowest BCUT2D eigenvalue weighted by atomic mass is 9.86. The van der Waals surface area contributed by atoms with E-state index in [4.69, 9.17) is 0 Å². The molecule has 0 nitrogen and oxygen atoms in total. The molecule has 0 aromatic carbocycles. The van der Waals surface area contributed by atoms with Crippen LogP contribution in [0.15, 0.2) is 46.1 Å². The number of allylic oxidation sites excluding steroid dienone is 7. The van der Waals surface area contributed by atoms with Gasteiger partial charge in [-0.05, 0) is 71.1 Å². The van der Waals surface area contributed by atoms with Crippen molar-refractivity contribution in [2.75, 3.05) is 0 Å². The second-order valence-electron chi connectivity index (χ2n) is 5.39. The van der Waals surface area contributed by atoms with Crippen LogP contribution >= 0.6 is 0 Å². The molecule has 0 amide bonds. The van der Waals surface area contributed by atoms with Gasteiger partial charge < -0.3 is 0 Å². The van der Waals surface area contributed by atoms with Crippen LogP contribution in [0.1, 0.15) is 67.7 Å². The van der Waals surface area contributed by atoms with Crippen LogP contribution in [0.4, 0.5) is 0 Å². The summed E-state index contributed by atoms with van der Waals surface area (Å²) in [5.41, 5.74) is 8.14. The largest absolute Gasteiger partial charge is 0.0955 e. The Bertz CT molecular complexity index is 382. The minimum atomic E-state index is 1.17. The first-order chi connectivity index (χ1) is 8.36. The summed E-state index contributed by atoms with van der Waals surface area (Å²) < 4.78 is 0. The van der Waals surface area contributed by atoms with Crippen LogP contribution in [0.3, 0.4) is 0 Å². The van der Waals surface area contributed by atoms with Gasteiger partial charge in [0, 0.05) is 0 Å². The lowest BCUT2D eigenvalue weighted by Gasteiger charge is -2.19. The molecule has 102 valence electrons. The SMILES string of the molecule is C=C(C)C(=C(C)C)C(C(C)=CC)=C(C)CCCC. The van der Waals surface area contributed by atoms with E-state index >= 15 is 0 Å². The van der Waals surface area contributed by atoms with Crippen LogP contribution in [0.25, 0.3) is 0 Å². The van der Waals surface area contributed by atoms with Gasteiger partial charge in [-0.15, -0.1) is 0 Å². The zero-order valence-electron chi connectivity index (χ0n) is 13.4. The highest BCUT2D eigenvalue weighted by atomic mass is 14.2. The van der Waals surface area contributed by atoms with Gasteiger partial charge in [0.05, 0.1) is 0 Å². The van der Waals surface area contributed by atoms with E-state index in [0.717, 1.165) is 0 Å². The molecule has 0 spiro atoms. The van der Waals surface area contributed by atoms with Gasteiger partial charge in [0.2, 0.25) is 0 Å². The Kier molecular flexibility index (Phi) is 7.66. The van der Waals surface area contributed by atoms with E-state index in [0.29, 0.717) is 0 Å². The van der Waals surface area contributed by atoms with E-state index in [1.807, 2.05) is 0 Å². The van der Waals surface area contributed by atoms with E-state index in [2.05, 4.69) is 61.1 Å². The van der Waals surface area contributed by atoms with Gasteiger partial charge in [0.1, 0.15) is 0 Å². The Morgan fingerprint density at radius 1 is 1.00 bits per heavy atom. The van der Waals surface area contributed by atoms with Gasteiger partial charge in [-0.1, -0.05) is 42.7 Å². The van der Waals surface area contributed by atoms with Gasteiger partial charge in [0.15, 0.2) is 0 Å². The van der Waals surface area contributed by atoms with Crippen molar-refractivity contribution in [2.45, 2.75) is 67.7 Å². The molecule has 0 N–H and O–H groups in total. The Morgan fingerprint density at radius 2 is 1.56 bits per heavy atom. The number of hydrogen-bond acceptors (Lipinski definition) is 0. The summed E-state index contributed by atoms with van der Waals surface area (Å²) in [5.74, 6) is 0. The fourth-order valence-corrected chi connectivity index (χ4v) is 2.35. The molecular weight excluding hydrogens is 216 g/mol.